The second-order valence-corrected chi connectivity index (χ2v) is 7.27. The smallest absolute Gasteiger partial charge is 0.248 e. The summed E-state index contributed by atoms with van der Waals surface area (Å²) in [5.74, 6) is 0.732. The highest BCUT2D eigenvalue weighted by molar-refractivity contribution is 7.12. The maximum Gasteiger partial charge on any atom is 0.248 e. The zero-order chi connectivity index (χ0) is 20.2. The number of hydrogen-bond acceptors (Lipinski definition) is 7. The average Bonchev–Trinajstić information content (AvgIpc) is 3.37. The first kappa shape index (κ1) is 18.9. The molecule has 2 aromatic heterocycles. The Hall–Kier alpha value is -3.39. The van der Waals surface area contributed by atoms with Gasteiger partial charge in [-0.2, -0.15) is 9.67 Å². The fraction of sp³-hybridized carbons (Fsp3) is 0.190. The van der Waals surface area contributed by atoms with E-state index in [1.807, 2.05) is 47.8 Å². The van der Waals surface area contributed by atoms with Crippen LogP contribution in [-0.4, -0.2) is 32.8 Å². The molecule has 0 saturated heterocycles. The Bertz CT molecular complexity index is 1070. The van der Waals surface area contributed by atoms with Crippen LogP contribution < -0.4 is 16.0 Å². The zero-order valence-electron chi connectivity index (χ0n) is 16.4. The third-order valence-electron chi connectivity index (χ3n) is 4.63. The van der Waals surface area contributed by atoms with E-state index in [2.05, 4.69) is 51.3 Å². The second-order valence-electron chi connectivity index (χ2n) is 6.43. The lowest BCUT2D eigenvalue weighted by Crippen LogP contribution is -2.21. The molecular formula is C21H23N7S. The van der Waals surface area contributed by atoms with E-state index in [9.17, 15) is 0 Å². The molecule has 0 amide bonds. The van der Waals surface area contributed by atoms with E-state index in [-0.39, 0.29) is 0 Å². The molecule has 3 N–H and O–H groups in total. The summed E-state index contributed by atoms with van der Waals surface area (Å²) in [6.07, 6.45) is 0. The second kappa shape index (κ2) is 8.32. The van der Waals surface area contributed by atoms with Crippen molar-refractivity contribution in [1.82, 2.24) is 19.7 Å². The Labute approximate surface area is 173 Å². The summed E-state index contributed by atoms with van der Waals surface area (Å²) in [6.45, 7) is 6.25. The van der Waals surface area contributed by atoms with Crippen LogP contribution in [0.2, 0.25) is 0 Å². The first-order chi connectivity index (χ1) is 14.2. The van der Waals surface area contributed by atoms with Crippen molar-refractivity contribution in [2.24, 2.45) is 0 Å². The SMILES string of the molecule is CCN(CC)c1ccc(Nc2nc(N)n(-c3nc(-c4ccccc4)cs3)n2)cc1. The van der Waals surface area contributed by atoms with Gasteiger partial charge in [0.05, 0.1) is 5.69 Å². The van der Waals surface area contributed by atoms with Crippen LogP contribution in [0.1, 0.15) is 13.8 Å². The van der Waals surface area contributed by atoms with Gasteiger partial charge in [0.1, 0.15) is 0 Å². The fourth-order valence-electron chi connectivity index (χ4n) is 3.09. The van der Waals surface area contributed by atoms with E-state index in [1.54, 1.807) is 4.68 Å². The summed E-state index contributed by atoms with van der Waals surface area (Å²) in [6, 6.07) is 18.2. The predicted octanol–water partition coefficient (Wildman–Crippen LogP) is 4.56. The predicted molar refractivity (Wildman–Crippen MR) is 120 cm³/mol. The van der Waals surface area contributed by atoms with E-state index in [0.29, 0.717) is 17.0 Å². The maximum atomic E-state index is 6.08. The number of benzene rings is 2. The molecule has 4 rings (SSSR count). The van der Waals surface area contributed by atoms with E-state index in [4.69, 9.17) is 5.73 Å². The molecular weight excluding hydrogens is 382 g/mol. The van der Waals surface area contributed by atoms with Crippen LogP contribution in [-0.2, 0) is 0 Å². The van der Waals surface area contributed by atoms with Gasteiger partial charge >= 0.3 is 0 Å². The quantitative estimate of drug-likeness (QED) is 0.469. The number of nitrogens with zero attached hydrogens (tertiary/aromatic N) is 5. The van der Waals surface area contributed by atoms with E-state index in [1.165, 1.54) is 17.0 Å². The summed E-state index contributed by atoms with van der Waals surface area (Å²) in [5.41, 5.74) is 10.1. The lowest BCUT2D eigenvalue weighted by Gasteiger charge is -2.21. The standard InChI is InChI=1S/C21H23N7S/c1-3-27(4-2)17-12-10-16(11-13-17)23-20-25-19(22)28(26-20)21-24-18(14-29-21)15-8-6-5-7-9-15/h5-14H,3-4H2,1-2H3,(H3,22,23,25,26). The highest BCUT2D eigenvalue weighted by Crippen LogP contribution is 2.26. The van der Waals surface area contributed by atoms with Gasteiger partial charge in [0.2, 0.25) is 17.0 Å². The third kappa shape index (κ3) is 4.07. The van der Waals surface area contributed by atoms with Crippen LogP contribution in [0.4, 0.5) is 23.3 Å². The van der Waals surface area contributed by atoms with Crippen molar-refractivity contribution < 1.29 is 0 Å². The molecule has 148 valence electrons. The molecule has 29 heavy (non-hydrogen) atoms. The number of nitrogen functional groups attached to an aromatic ring is 1. The molecule has 0 radical (unpaired) electrons. The molecule has 0 saturated carbocycles. The van der Waals surface area contributed by atoms with Gasteiger partial charge in [-0.1, -0.05) is 30.3 Å². The molecule has 8 heteroatoms. The minimum Gasteiger partial charge on any atom is -0.372 e. The first-order valence-electron chi connectivity index (χ1n) is 9.53. The number of thiazole rings is 1. The third-order valence-corrected chi connectivity index (χ3v) is 5.44. The van der Waals surface area contributed by atoms with Crippen LogP contribution in [0.5, 0.6) is 0 Å². The highest BCUT2D eigenvalue weighted by atomic mass is 32.1. The Morgan fingerprint density at radius 3 is 2.41 bits per heavy atom. The summed E-state index contributed by atoms with van der Waals surface area (Å²) < 4.78 is 1.56. The number of anilines is 4. The molecule has 2 aromatic carbocycles. The van der Waals surface area contributed by atoms with Gasteiger partial charge < -0.3 is 16.0 Å². The van der Waals surface area contributed by atoms with Gasteiger partial charge in [0, 0.05) is 35.4 Å². The minimum atomic E-state index is 0.293. The maximum absolute atomic E-state index is 6.08. The Balaban J connectivity index is 1.52. The molecule has 0 bridgehead atoms. The van der Waals surface area contributed by atoms with Crippen molar-refractivity contribution in [1.29, 1.82) is 0 Å². The Morgan fingerprint density at radius 1 is 1.00 bits per heavy atom. The van der Waals surface area contributed by atoms with Crippen molar-refractivity contribution in [2.45, 2.75) is 13.8 Å². The van der Waals surface area contributed by atoms with Crippen molar-refractivity contribution in [2.75, 3.05) is 29.0 Å². The molecule has 0 fully saturated rings. The van der Waals surface area contributed by atoms with E-state index in [0.717, 1.165) is 30.0 Å². The monoisotopic (exact) mass is 405 g/mol. The molecule has 2 heterocycles. The fourth-order valence-corrected chi connectivity index (χ4v) is 3.89. The topological polar surface area (TPSA) is 84.9 Å². The molecule has 7 nitrogen and oxygen atoms in total. The Morgan fingerprint density at radius 2 is 1.72 bits per heavy atom. The first-order valence-corrected chi connectivity index (χ1v) is 10.4. The number of rotatable bonds is 7. The summed E-state index contributed by atoms with van der Waals surface area (Å²) >= 11 is 1.48. The molecule has 0 aliphatic carbocycles. The average molecular weight is 406 g/mol. The van der Waals surface area contributed by atoms with Crippen LogP contribution in [0.3, 0.4) is 0 Å². The zero-order valence-corrected chi connectivity index (χ0v) is 17.2. The van der Waals surface area contributed by atoms with Crippen molar-refractivity contribution >= 4 is 34.6 Å². The highest BCUT2D eigenvalue weighted by Gasteiger charge is 2.13. The van der Waals surface area contributed by atoms with Gasteiger partial charge in [-0.05, 0) is 38.1 Å². The van der Waals surface area contributed by atoms with Crippen molar-refractivity contribution in [3.63, 3.8) is 0 Å². The van der Waals surface area contributed by atoms with Gasteiger partial charge in [-0.25, -0.2) is 4.98 Å². The van der Waals surface area contributed by atoms with Crippen LogP contribution in [0, 0.1) is 0 Å². The molecule has 4 aromatic rings. The van der Waals surface area contributed by atoms with Gasteiger partial charge in [0.15, 0.2) is 0 Å². The van der Waals surface area contributed by atoms with Crippen molar-refractivity contribution in [3.05, 3.63) is 60.0 Å². The molecule has 0 aliphatic rings. The van der Waals surface area contributed by atoms with E-state index < -0.39 is 0 Å². The van der Waals surface area contributed by atoms with Gasteiger partial charge in [-0.15, -0.1) is 16.4 Å². The summed E-state index contributed by atoms with van der Waals surface area (Å²) in [4.78, 5) is 11.3. The molecule has 0 aliphatic heterocycles. The van der Waals surface area contributed by atoms with Crippen LogP contribution in [0.15, 0.2) is 60.0 Å². The summed E-state index contributed by atoms with van der Waals surface area (Å²) in [7, 11) is 0. The molecule has 0 spiro atoms. The number of hydrogen-bond donors (Lipinski definition) is 2. The number of nitrogens with one attached hydrogen (secondary N) is 1. The van der Waals surface area contributed by atoms with E-state index >= 15 is 0 Å². The molecule has 0 atom stereocenters. The number of nitrogens with two attached hydrogens (primary N) is 1. The normalized spacial score (nSPS) is 10.8. The Kier molecular flexibility index (Phi) is 5.44. The number of aromatic nitrogens is 4. The minimum absolute atomic E-state index is 0.293. The van der Waals surface area contributed by atoms with Gasteiger partial charge in [-0.3, -0.25) is 0 Å². The van der Waals surface area contributed by atoms with Crippen LogP contribution in [0.25, 0.3) is 16.4 Å². The lowest BCUT2D eigenvalue weighted by molar-refractivity contribution is 0.866. The van der Waals surface area contributed by atoms with Gasteiger partial charge in [0.25, 0.3) is 0 Å². The largest absolute Gasteiger partial charge is 0.372 e. The molecule has 0 unspecified atom stereocenters. The lowest BCUT2D eigenvalue weighted by atomic mass is 10.2. The van der Waals surface area contributed by atoms with Crippen LogP contribution >= 0.6 is 11.3 Å². The summed E-state index contributed by atoms with van der Waals surface area (Å²) in [5, 5.41) is 10.4. The van der Waals surface area contributed by atoms with Crippen molar-refractivity contribution in [3.8, 4) is 16.4 Å².